The normalized spacial score (nSPS) is 17.3. The Balaban J connectivity index is 1.89. The van der Waals surface area contributed by atoms with Crippen molar-refractivity contribution in [3.8, 4) is 0 Å². The van der Waals surface area contributed by atoms with E-state index in [2.05, 4.69) is 72.6 Å². The highest BCUT2D eigenvalue weighted by atomic mass is 16.5. The van der Waals surface area contributed by atoms with Crippen LogP contribution < -0.4 is 10.6 Å². The summed E-state index contributed by atoms with van der Waals surface area (Å²) < 4.78 is 5.43. The summed E-state index contributed by atoms with van der Waals surface area (Å²) in [5, 5.41) is 6.83. The molecule has 0 saturated carbocycles. The van der Waals surface area contributed by atoms with Gasteiger partial charge in [-0.25, -0.2) is 4.99 Å². The highest BCUT2D eigenvalue weighted by Gasteiger charge is 2.16. The highest BCUT2D eigenvalue weighted by molar-refractivity contribution is 5.79. The van der Waals surface area contributed by atoms with Crippen molar-refractivity contribution in [2.75, 3.05) is 53.5 Å². The minimum absolute atomic E-state index is 0.464. The Morgan fingerprint density at radius 3 is 2.65 bits per heavy atom. The summed E-state index contributed by atoms with van der Waals surface area (Å²) in [5.74, 6) is 0.880. The third-order valence-corrected chi connectivity index (χ3v) is 4.49. The maximum Gasteiger partial charge on any atom is 0.191 e. The number of rotatable bonds is 8. The molecular weight excluding hydrogens is 326 g/mol. The van der Waals surface area contributed by atoms with Crippen LogP contribution in [0, 0.1) is 0 Å². The molecule has 0 spiro atoms. The largest absolute Gasteiger partial charge is 0.379 e. The number of aliphatic imine (C=N–C) groups is 1. The van der Waals surface area contributed by atoms with E-state index in [4.69, 9.17) is 9.73 Å². The fraction of sp³-hybridized carbons (Fsp3) is 0.650. The van der Waals surface area contributed by atoms with Crippen molar-refractivity contribution < 1.29 is 4.74 Å². The second kappa shape index (κ2) is 11.2. The predicted octanol–water partition coefficient (Wildman–Crippen LogP) is 1.52. The molecule has 26 heavy (non-hydrogen) atoms. The maximum atomic E-state index is 5.43. The molecular formula is C20H35N5O. The van der Waals surface area contributed by atoms with Crippen molar-refractivity contribution in [2.45, 2.75) is 33.0 Å². The molecule has 146 valence electrons. The van der Waals surface area contributed by atoms with Crippen molar-refractivity contribution in [3.63, 3.8) is 0 Å². The molecule has 1 aliphatic heterocycles. The highest BCUT2D eigenvalue weighted by Crippen LogP contribution is 2.08. The first-order chi connectivity index (χ1) is 12.6. The van der Waals surface area contributed by atoms with E-state index in [0.29, 0.717) is 12.6 Å². The summed E-state index contributed by atoms with van der Waals surface area (Å²) in [4.78, 5) is 9.40. The Bertz CT molecular complexity index is 555. The zero-order valence-electron chi connectivity index (χ0n) is 16.8. The Hall–Kier alpha value is -1.63. The van der Waals surface area contributed by atoms with Crippen LogP contribution in [-0.2, 0) is 17.8 Å². The fourth-order valence-electron chi connectivity index (χ4n) is 3.10. The first-order valence-electron chi connectivity index (χ1n) is 9.65. The van der Waals surface area contributed by atoms with Crippen LogP contribution in [0.2, 0.25) is 0 Å². The van der Waals surface area contributed by atoms with E-state index < -0.39 is 0 Å². The van der Waals surface area contributed by atoms with Crippen LogP contribution in [0.25, 0.3) is 0 Å². The van der Waals surface area contributed by atoms with Gasteiger partial charge in [0.25, 0.3) is 0 Å². The molecule has 1 saturated heterocycles. The third-order valence-electron chi connectivity index (χ3n) is 4.49. The first kappa shape index (κ1) is 20.7. The van der Waals surface area contributed by atoms with Crippen LogP contribution in [0.5, 0.6) is 0 Å². The van der Waals surface area contributed by atoms with Crippen LogP contribution in [-0.4, -0.2) is 75.3 Å². The lowest BCUT2D eigenvalue weighted by atomic mass is 10.1. The number of morpholine rings is 1. The van der Waals surface area contributed by atoms with Crippen LogP contribution in [0.4, 0.5) is 0 Å². The molecule has 6 heteroatoms. The minimum Gasteiger partial charge on any atom is -0.379 e. The maximum absolute atomic E-state index is 5.43. The van der Waals surface area contributed by atoms with Gasteiger partial charge in [0, 0.05) is 38.8 Å². The second-order valence-electron chi connectivity index (χ2n) is 7.13. The van der Waals surface area contributed by atoms with Crippen molar-refractivity contribution in [1.82, 2.24) is 20.4 Å². The quantitative estimate of drug-likeness (QED) is 0.543. The van der Waals surface area contributed by atoms with Crippen LogP contribution >= 0.6 is 0 Å². The van der Waals surface area contributed by atoms with Gasteiger partial charge >= 0.3 is 0 Å². The molecule has 2 rings (SSSR count). The Labute approximate surface area is 158 Å². The van der Waals surface area contributed by atoms with Gasteiger partial charge in [0.2, 0.25) is 0 Å². The Kier molecular flexibility index (Phi) is 8.88. The van der Waals surface area contributed by atoms with E-state index in [-0.39, 0.29) is 0 Å². The SMILES string of the molecule is CCNC(=NCc1cccc(CN(C)C)c1)NCC(C)N1CCOCC1. The van der Waals surface area contributed by atoms with E-state index >= 15 is 0 Å². The standard InChI is InChI=1S/C20H35N5O/c1-5-21-20(22-14-17(2)25-9-11-26-12-10-25)23-15-18-7-6-8-19(13-18)16-24(3)4/h6-8,13,17H,5,9-12,14-16H2,1-4H3,(H2,21,22,23). The van der Waals surface area contributed by atoms with Crippen molar-refractivity contribution in [2.24, 2.45) is 4.99 Å². The molecule has 1 fully saturated rings. The van der Waals surface area contributed by atoms with Crippen LogP contribution in [0.15, 0.2) is 29.3 Å². The molecule has 0 bridgehead atoms. The van der Waals surface area contributed by atoms with E-state index in [0.717, 1.165) is 51.9 Å². The monoisotopic (exact) mass is 361 g/mol. The Morgan fingerprint density at radius 2 is 1.96 bits per heavy atom. The van der Waals surface area contributed by atoms with Gasteiger partial charge in [-0.3, -0.25) is 4.90 Å². The summed E-state index contributed by atoms with van der Waals surface area (Å²) in [6, 6.07) is 9.13. The van der Waals surface area contributed by atoms with E-state index in [1.165, 1.54) is 11.1 Å². The van der Waals surface area contributed by atoms with Crippen molar-refractivity contribution >= 4 is 5.96 Å². The second-order valence-corrected chi connectivity index (χ2v) is 7.13. The summed E-state index contributed by atoms with van der Waals surface area (Å²) in [7, 11) is 4.18. The van der Waals surface area contributed by atoms with E-state index in [9.17, 15) is 0 Å². The van der Waals surface area contributed by atoms with Gasteiger partial charge in [-0.15, -0.1) is 0 Å². The number of benzene rings is 1. The van der Waals surface area contributed by atoms with E-state index in [1.807, 2.05) is 0 Å². The lowest BCUT2D eigenvalue weighted by Gasteiger charge is -2.32. The van der Waals surface area contributed by atoms with Gasteiger partial charge in [0.15, 0.2) is 5.96 Å². The number of hydrogen-bond donors (Lipinski definition) is 2. The van der Waals surface area contributed by atoms with Gasteiger partial charge < -0.3 is 20.3 Å². The van der Waals surface area contributed by atoms with Crippen LogP contribution in [0.3, 0.4) is 0 Å². The van der Waals surface area contributed by atoms with Gasteiger partial charge in [-0.2, -0.15) is 0 Å². The molecule has 6 nitrogen and oxygen atoms in total. The molecule has 0 aromatic heterocycles. The number of nitrogens with zero attached hydrogens (tertiary/aromatic N) is 3. The summed E-state index contributed by atoms with van der Waals surface area (Å²) >= 11 is 0. The Morgan fingerprint density at radius 1 is 1.23 bits per heavy atom. The van der Waals surface area contributed by atoms with Crippen LogP contribution in [0.1, 0.15) is 25.0 Å². The predicted molar refractivity (Wildman–Crippen MR) is 109 cm³/mol. The smallest absolute Gasteiger partial charge is 0.191 e. The summed E-state index contributed by atoms with van der Waals surface area (Å²) in [5.41, 5.74) is 2.56. The number of guanidine groups is 1. The molecule has 1 heterocycles. The number of nitrogens with one attached hydrogen (secondary N) is 2. The van der Waals surface area contributed by atoms with E-state index in [1.54, 1.807) is 0 Å². The lowest BCUT2D eigenvalue weighted by molar-refractivity contribution is 0.0211. The lowest BCUT2D eigenvalue weighted by Crippen LogP contribution is -2.49. The van der Waals surface area contributed by atoms with Crippen molar-refractivity contribution in [3.05, 3.63) is 35.4 Å². The molecule has 2 N–H and O–H groups in total. The number of hydrogen-bond acceptors (Lipinski definition) is 4. The molecule has 1 atom stereocenters. The van der Waals surface area contributed by atoms with Crippen molar-refractivity contribution in [1.29, 1.82) is 0 Å². The van der Waals surface area contributed by atoms with Gasteiger partial charge in [-0.05, 0) is 39.1 Å². The van der Waals surface area contributed by atoms with Gasteiger partial charge in [0.1, 0.15) is 0 Å². The molecule has 0 amide bonds. The summed E-state index contributed by atoms with van der Waals surface area (Å²) in [6.45, 7) is 11.4. The first-order valence-corrected chi connectivity index (χ1v) is 9.65. The third kappa shape index (κ3) is 7.32. The molecule has 1 aromatic rings. The fourth-order valence-corrected chi connectivity index (χ4v) is 3.10. The topological polar surface area (TPSA) is 52.1 Å². The van der Waals surface area contributed by atoms with Gasteiger partial charge in [0.05, 0.1) is 19.8 Å². The zero-order valence-corrected chi connectivity index (χ0v) is 16.8. The number of ether oxygens (including phenoxy) is 1. The summed E-state index contributed by atoms with van der Waals surface area (Å²) in [6.07, 6.45) is 0. The minimum atomic E-state index is 0.464. The average molecular weight is 362 g/mol. The molecule has 1 aliphatic rings. The molecule has 0 radical (unpaired) electrons. The molecule has 1 aromatic carbocycles. The molecule has 1 unspecified atom stereocenters. The average Bonchev–Trinajstić information content (AvgIpc) is 2.64. The zero-order chi connectivity index (χ0) is 18.8. The van der Waals surface area contributed by atoms with Gasteiger partial charge in [-0.1, -0.05) is 24.3 Å². The molecule has 0 aliphatic carbocycles.